The second-order valence-corrected chi connectivity index (χ2v) is 9.85. The molecule has 0 aliphatic rings. The molecule has 204 valence electrons. The van der Waals surface area contributed by atoms with Crippen molar-refractivity contribution in [2.45, 2.75) is 4.90 Å². The number of aliphatic carboxylic acids is 1. The first-order chi connectivity index (χ1) is 17.1. The molecule has 2 aromatic carbocycles. The summed E-state index contributed by atoms with van der Waals surface area (Å²) in [4.78, 5) is 9.71. The Balaban J connectivity index is 0.000000375. The van der Waals surface area contributed by atoms with Crippen LogP contribution in [0.15, 0.2) is 68.0 Å². The van der Waals surface area contributed by atoms with E-state index in [9.17, 15) is 40.2 Å². The minimum atomic E-state index is -4.77. The molecule has 0 heterocycles. The Morgan fingerprint density at radius 3 is 2.08 bits per heavy atom. The Morgan fingerprint density at radius 2 is 1.57 bits per heavy atom. The van der Waals surface area contributed by atoms with Gasteiger partial charge in [-0.1, -0.05) is 10.4 Å². The van der Waals surface area contributed by atoms with Crippen molar-refractivity contribution in [3.8, 4) is 5.75 Å². The van der Waals surface area contributed by atoms with Gasteiger partial charge in [0.1, 0.15) is 27.4 Å². The SMILES string of the molecule is CN(CCS(=O)(=O)[O-])N=Nc1ccc(F)cc1.COc1ccc(N=NN(C)CC(=O)[O-])c(S(=O)(=O)[O-])c1. The van der Waals surface area contributed by atoms with Crippen LogP contribution in [0.3, 0.4) is 0 Å². The van der Waals surface area contributed by atoms with Crippen molar-refractivity contribution >= 4 is 37.6 Å². The van der Waals surface area contributed by atoms with Crippen molar-refractivity contribution in [3.05, 3.63) is 48.3 Å². The molecule has 2 rings (SSSR count). The number of carboxylic acids is 1. The molecule has 0 aliphatic carbocycles. The third kappa shape index (κ3) is 13.2. The molecular formula is C19H22FN6O9S2-3. The second kappa shape index (κ2) is 14.1. The van der Waals surface area contributed by atoms with Crippen molar-refractivity contribution in [2.24, 2.45) is 20.7 Å². The van der Waals surface area contributed by atoms with E-state index in [-0.39, 0.29) is 23.8 Å². The van der Waals surface area contributed by atoms with Gasteiger partial charge in [-0.2, -0.15) is 0 Å². The minimum absolute atomic E-state index is 0.0451. The van der Waals surface area contributed by atoms with Crippen LogP contribution in [-0.4, -0.2) is 82.0 Å². The molecule has 37 heavy (non-hydrogen) atoms. The number of hydrogen-bond donors (Lipinski definition) is 0. The zero-order valence-electron chi connectivity index (χ0n) is 19.7. The predicted molar refractivity (Wildman–Crippen MR) is 121 cm³/mol. The van der Waals surface area contributed by atoms with E-state index in [1.54, 1.807) is 0 Å². The number of carbonyl (C=O) groups is 1. The fraction of sp³-hybridized carbons (Fsp3) is 0.316. The van der Waals surface area contributed by atoms with Crippen LogP contribution in [0.25, 0.3) is 0 Å². The number of carbonyl (C=O) groups excluding carboxylic acids is 1. The zero-order valence-corrected chi connectivity index (χ0v) is 21.3. The van der Waals surface area contributed by atoms with Crippen LogP contribution in [0.4, 0.5) is 15.8 Å². The molecule has 18 heteroatoms. The maximum absolute atomic E-state index is 12.6. The van der Waals surface area contributed by atoms with Gasteiger partial charge in [-0.15, -0.1) is 10.2 Å². The molecule has 15 nitrogen and oxygen atoms in total. The first-order valence-corrected chi connectivity index (χ1v) is 12.9. The number of nitrogens with zero attached hydrogens (tertiary/aromatic N) is 6. The van der Waals surface area contributed by atoms with Gasteiger partial charge in [-0.25, -0.2) is 21.2 Å². The summed E-state index contributed by atoms with van der Waals surface area (Å²) in [6, 6.07) is 8.94. The summed E-state index contributed by atoms with van der Waals surface area (Å²) in [5.74, 6) is -2.12. The van der Waals surface area contributed by atoms with Gasteiger partial charge in [0.05, 0.1) is 52.6 Å². The lowest BCUT2D eigenvalue weighted by molar-refractivity contribution is -0.306. The van der Waals surface area contributed by atoms with Crippen molar-refractivity contribution in [1.82, 2.24) is 10.0 Å². The first kappa shape index (κ1) is 31.3. The van der Waals surface area contributed by atoms with Crippen molar-refractivity contribution in [3.63, 3.8) is 0 Å². The molecule has 2 aromatic rings. The molecule has 0 unspecified atom stereocenters. The Morgan fingerprint density at radius 1 is 0.973 bits per heavy atom. The topological polar surface area (TPSA) is 220 Å². The largest absolute Gasteiger partial charge is 0.748 e. The first-order valence-electron chi connectivity index (χ1n) is 9.89. The average molecular weight is 562 g/mol. The van der Waals surface area contributed by atoms with Crippen LogP contribution in [0.5, 0.6) is 5.75 Å². The number of halogens is 1. The fourth-order valence-corrected chi connectivity index (χ4v) is 3.28. The van der Waals surface area contributed by atoms with Gasteiger partial charge >= 0.3 is 0 Å². The maximum atomic E-state index is 12.6. The van der Waals surface area contributed by atoms with Gasteiger partial charge in [0.25, 0.3) is 0 Å². The summed E-state index contributed by atoms with van der Waals surface area (Å²) in [6.07, 6.45) is 0. The van der Waals surface area contributed by atoms with Crippen LogP contribution in [0.2, 0.25) is 0 Å². The lowest BCUT2D eigenvalue weighted by atomic mass is 10.3. The van der Waals surface area contributed by atoms with Crippen LogP contribution >= 0.6 is 0 Å². The molecular weight excluding hydrogens is 539 g/mol. The molecule has 0 amide bonds. The average Bonchev–Trinajstić information content (AvgIpc) is 2.80. The summed E-state index contributed by atoms with van der Waals surface area (Å²) < 4.78 is 81.8. The number of ether oxygens (including phenoxy) is 1. The lowest BCUT2D eigenvalue weighted by Crippen LogP contribution is -2.33. The maximum Gasteiger partial charge on any atom is 0.126 e. The van der Waals surface area contributed by atoms with Crippen LogP contribution in [-0.2, 0) is 25.0 Å². The highest BCUT2D eigenvalue weighted by atomic mass is 32.2. The van der Waals surface area contributed by atoms with E-state index < -0.39 is 43.4 Å². The van der Waals surface area contributed by atoms with Crippen molar-refractivity contribution in [1.29, 1.82) is 0 Å². The van der Waals surface area contributed by atoms with E-state index in [0.29, 0.717) is 5.69 Å². The molecule has 0 aromatic heterocycles. The molecule has 0 atom stereocenters. The Hall–Kier alpha value is -3.74. The molecule has 0 bridgehead atoms. The number of methoxy groups -OCH3 is 1. The van der Waals surface area contributed by atoms with Crippen molar-refractivity contribution in [2.75, 3.05) is 40.0 Å². The highest BCUT2D eigenvalue weighted by Crippen LogP contribution is 2.28. The van der Waals surface area contributed by atoms with E-state index in [1.807, 2.05) is 0 Å². The smallest absolute Gasteiger partial charge is 0.126 e. The zero-order chi connectivity index (χ0) is 28.2. The third-order valence-corrected chi connectivity index (χ3v) is 5.45. The Kier molecular flexibility index (Phi) is 11.9. The van der Waals surface area contributed by atoms with E-state index in [0.717, 1.165) is 11.1 Å². The number of hydrogen-bond acceptors (Lipinski definition) is 13. The number of likely N-dealkylation sites (N-methyl/N-ethyl adjacent to an activating group) is 1. The van der Waals surface area contributed by atoms with Crippen LogP contribution in [0, 0.1) is 5.82 Å². The molecule has 0 N–H and O–H groups in total. The monoisotopic (exact) mass is 561 g/mol. The summed E-state index contributed by atoms with van der Waals surface area (Å²) in [7, 11) is -4.92. The molecule has 0 spiro atoms. The van der Waals surface area contributed by atoms with Crippen LogP contribution in [0.1, 0.15) is 0 Å². The Bertz CT molecular complexity index is 1320. The summed E-state index contributed by atoms with van der Waals surface area (Å²) >= 11 is 0. The molecule has 0 saturated heterocycles. The molecule has 0 saturated carbocycles. The fourth-order valence-electron chi connectivity index (χ4n) is 2.17. The quantitative estimate of drug-likeness (QED) is 0.210. The highest BCUT2D eigenvalue weighted by Gasteiger charge is 2.11. The Labute approximate surface area is 212 Å². The normalized spacial score (nSPS) is 11.7. The van der Waals surface area contributed by atoms with Gasteiger partial charge < -0.3 is 23.7 Å². The number of carboxylic acid groups (broad SMARTS) is 1. The van der Waals surface area contributed by atoms with E-state index in [2.05, 4.69) is 20.7 Å². The van der Waals surface area contributed by atoms with Crippen molar-refractivity contribution < 1.29 is 45.0 Å². The van der Waals surface area contributed by atoms with Crippen LogP contribution < -0.4 is 9.84 Å². The van der Waals surface area contributed by atoms with Gasteiger partial charge in [0, 0.05) is 14.1 Å². The molecule has 0 radical (unpaired) electrons. The van der Waals surface area contributed by atoms with E-state index in [4.69, 9.17) is 4.74 Å². The van der Waals surface area contributed by atoms with Gasteiger partial charge in [0.2, 0.25) is 0 Å². The minimum Gasteiger partial charge on any atom is -0.748 e. The second-order valence-electron chi connectivity index (χ2n) is 6.97. The van der Waals surface area contributed by atoms with Gasteiger partial charge in [-0.05, 0) is 42.5 Å². The summed E-state index contributed by atoms with van der Waals surface area (Å²) in [5.41, 5.74) is 0.217. The van der Waals surface area contributed by atoms with Gasteiger partial charge in [0.15, 0.2) is 0 Å². The predicted octanol–water partition coefficient (Wildman–Crippen LogP) is 0.581. The summed E-state index contributed by atoms with van der Waals surface area (Å²) in [5, 5.41) is 26.8. The third-order valence-electron chi connectivity index (χ3n) is 3.90. The molecule has 0 fully saturated rings. The molecule has 0 aliphatic heterocycles. The number of rotatable bonds is 11. The summed E-state index contributed by atoms with van der Waals surface area (Å²) in [6.45, 7) is -0.574. The lowest BCUT2D eigenvalue weighted by Gasteiger charge is -2.13. The highest BCUT2D eigenvalue weighted by molar-refractivity contribution is 7.86. The van der Waals surface area contributed by atoms with E-state index in [1.165, 1.54) is 62.6 Å². The standard InChI is InChI=1S/C10H13N3O6S.C9H12FN3O3S/c1-13(6-10(14)15)12-11-8-4-3-7(19-2)5-9(8)20(16,17)18;1-13(6-7-17(14,15)16)12-11-9-4-2-8(10)3-5-9/h3-5H,6H2,1-2H3,(H,14,15)(H,16,17,18);2-5H,6-7H2,1H3,(H,14,15,16)/p-3. The number of benzene rings is 2. The van der Waals surface area contributed by atoms with E-state index >= 15 is 0 Å². The van der Waals surface area contributed by atoms with Gasteiger partial charge in [-0.3, -0.25) is 10.0 Å².